The molecule has 4 nitrogen and oxygen atoms in total. The second-order valence-electron chi connectivity index (χ2n) is 5.83. The molecule has 0 spiro atoms. The largest absolute Gasteiger partial charge is 0.348 e. The van der Waals surface area contributed by atoms with Crippen LogP contribution in [0.4, 0.5) is 0 Å². The maximum atomic E-state index is 12.2. The zero-order valence-corrected chi connectivity index (χ0v) is 14.7. The van der Waals surface area contributed by atoms with Crippen LogP contribution in [0, 0.1) is 0 Å². The number of hydrogen-bond acceptors (Lipinski definition) is 2. The Morgan fingerprint density at radius 3 is 2.77 bits per heavy atom. The van der Waals surface area contributed by atoms with Crippen LogP contribution in [-0.4, -0.2) is 15.9 Å². The molecule has 2 heterocycles. The number of nitrogens with one attached hydrogen (secondary N) is 2. The zero-order valence-electron chi connectivity index (χ0n) is 14.7. The van der Waals surface area contributed by atoms with Gasteiger partial charge in [-0.1, -0.05) is 49.1 Å². The maximum Gasteiger partial charge on any atom is 0.251 e. The molecule has 130 valence electrons. The number of H-pyrrole nitrogens is 1. The number of carbonyl (C=O) groups excluding carboxylic acids is 1. The van der Waals surface area contributed by atoms with Crippen LogP contribution < -0.4 is 5.32 Å². The lowest BCUT2D eigenvalue weighted by atomic mass is 10.0. The van der Waals surface area contributed by atoms with E-state index in [2.05, 4.69) is 34.0 Å². The number of rotatable bonds is 6. The van der Waals surface area contributed by atoms with E-state index in [4.69, 9.17) is 0 Å². The van der Waals surface area contributed by atoms with Gasteiger partial charge in [0.25, 0.3) is 5.91 Å². The molecule has 4 heteroatoms. The Balaban J connectivity index is 1.71. The van der Waals surface area contributed by atoms with Crippen molar-refractivity contribution in [2.45, 2.75) is 13.5 Å². The lowest BCUT2D eigenvalue weighted by molar-refractivity contribution is -0.117. The summed E-state index contributed by atoms with van der Waals surface area (Å²) in [6.07, 6.45) is 10.7. The molecule has 0 bridgehead atoms. The van der Waals surface area contributed by atoms with Gasteiger partial charge in [-0.15, -0.1) is 0 Å². The Bertz CT molecular complexity index is 978. The number of nitrogens with zero attached hydrogens (tertiary/aromatic N) is 1. The van der Waals surface area contributed by atoms with E-state index in [1.165, 1.54) is 0 Å². The molecule has 26 heavy (non-hydrogen) atoms. The third-order valence-corrected chi connectivity index (χ3v) is 4.13. The molecule has 0 aliphatic rings. The molecular weight excluding hydrogens is 322 g/mol. The van der Waals surface area contributed by atoms with E-state index in [-0.39, 0.29) is 5.91 Å². The molecule has 0 unspecified atom stereocenters. The third kappa shape index (κ3) is 3.81. The fourth-order valence-electron chi connectivity index (χ4n) is 2.74. The summed E-state index contributed by atoms with van der Waals surface area (Å²) in [7, 11) is 0. The van der Waals surface area contributed by atoms with Gasteiger partial charge in [0.05, 0.1) is 0 Å². The van der Waals surface area contributed by atoms with Crippen molar-refractivity contribution in [3.8, 4) is 11.1 Å². The van der Waals surface area contributed by atoms with Crippen molar-refractivity contribution in [1.29, 1.82) is 0 Å². The van der Waals surface area contributed by atoms with Gasteiger partial charge in [-0.25, -0.2) is 4.98 Å². The smallest absolute Gasteiger partial charge is 0.251 e. The van der Waals surface area contributed by atoms with Gasteiger partial charge >= 0.3 is 0 Å². The molecule has 0 atom stereocenters. The average molecular weight is 343 g/mol. The maximum absolute atomic E-state index is 12.2. The summed E-state index contributed by atoms with van der Waals surface area (Å²) in [5, 5.41) is 4.01. The van der Waals surface area contributed by atoms with Crippen molar-refractivity contribution < 1.29 is 4.79 Å². The Labute approximate surface area is 153 Å². The molecule has 3 aromatic rings. The van der Waals surface area contributed by atoms with Crippen LogP contribution in [-0.2, 0) is 11.3 Å². The van der Waals surface area contributed by atoms with Crippen LogP contribution in [0.15, 0.2) is 85.2 Å². The van der Waals surface area contributed by atoms with Crippen LogP contribution in [0.1, 0.15) is 12.5 Å². The van der Waals surface area contributed by atoms with Crippen LogP contribution >= 0.6 is 0 Å². The SMILES string of the molecule is C=C/C(=C\C=C/C)C(=O)NCc1ccc(-c2ccnc3[nH]ccc23)cc1. The van der Waals surface area contributed by atoms with Gasteiger partial charge in [-0.2, -0.15) is 0 Å². The summed E-state index contributed by atoms with van der Waals surface area (Å²) in [6, 6.07) is 12.2. The first-order valence-corrected chi connectivity index (χ1v) is 8.48. The Morgan fingerprint density at radius 2 is 2.04 bits per heavy atom. The fraction of sp³-hybridized carbons (Fsp3) is 0.0909. The van der Waals surface area contributed by atoms with E-state index in [1.54, 1.807) is 18.3 Å². The predicted molar refractivity (Wildman–Crippen MR) is 106 cm³/mol. The monoisotopic (exact) mass is 343 g/mol. The number of allylic oxidation sites excluding steroid dienone is 3. The van der Waals surface area contributed by atoms with Gasteiger partial charge in [0.2, 0.25) is 0 Å². The zero-order chi connectivity index (χ0) is 18.4. The van der Waals surface area contributed by atoms with Gasteiger partial charge in [0, 0.05) is 29.9 Å². The highest BCUT2D eigenvalue weighted by Gasteiger charge is 2.07. The summed E-state index contributed by atoms with van der Waals surface area (Å²) >= 11 is 0. The number of amides is 1. The van der Waals surface area contributed by atoms with Gasteiger partial charge < -0.3 is 10.3 Å². The van der Waals surface area contributed by atoms with Crippen molar-refractivity contribution in [3.63, 3.8) is 0 Å². The average Bonchev–Trinajstić information content (AvgIpc) is 3.16. The molecule has 0 saturated heterocycles. The summed E-state index contributed by atoms with van der Waals surface area (Å²) < 4.78 is 0. The summed E-state index contributed by atoms with van der Waals surface area (Å²) in [5.41, 5.74) is 4.72. The first-order chi connectivity index (χ1) is 12.7. The first kappa shape index (κ1) is 17.4. The Morgan fingerprint density at radius 1 is 1.23 bits per heavy atom. The van der Waals surface area contributed by atoms with Crippen LogP contribution in [0.3, 0.4) is 0 Å². The van der Waals surface area contributed by atoms with Gasteiger partial charge in [0.15, 0.2) is 0 Å². The minimum absolute atomic E-state index is 0.134. The fourth-order valence-corrected chi connectivity index (χ4v) is 2.74. The van der Waals surface area contributed by atoms with E-state index >= 15 is 0 Å². The molecule has 0 aliphatic heterocycles. The molecule has 0 aliphatic carbocycles. The van der Waals surface area contributed by atoms with Crippen LogP contribution in [0.5, 0.6) is 0 Å². The van der Waals surface area contributed by atoms with E-state index in [0.717, 1.165) is 27.7 Å². The van der Waals surface area contributed by atoms with Crippen molar-refractivity contribution >= 4 is 16.9 Å². The molecule has 3 rings (SSSR count). The second-order valence-corrected chi connectivity index (χ2v) is 5.83. The summed E-state index contributed by atoms with van der Waals surface area (Å²) in [4.78, 5) is 19.6. The number of pyridine rings is 1. The van der Waals surface area contributed by atoms with Gasteiger partial charge in [-0.05, 0) is 41.8 Å². The van der Waals surface area contributed by atoms with E-state index in [0.29, 0.717) is 12.1 Å². The number of carbonyl (C=O) groups is 1. The molecule has 0 radical (unpaired) electrons. The Kier molecular flexibility index (Phi) is 5.44. The minimum atomic E-state index is -0.134. The highest BCUT2D eigenvalue weighted by atomic mass is 16.1. The topological polar surface area (TPSA) is 57.8 Å². The van der Waals surface area contributed by atoms with Crippen LogP contribution in [0.25, 0.3) is 22.2 Å². The molecule has 2 N–H and O–H groups in total. The first-order valence-electron chi connectivity index (χ1n) is 8.48. The quantitative estimate of drug-likeness (QED) is 0.510. The second kappa shape index (κ2) is 8.12. The summed E-state index contributed by atoms with van der Waals surface area (Å²) in [5.74, 6) is -0.134. The van der Waals surface area contributed by atoms with Crippen molar-refractivity contribution in [2.24, 2.45) is 0 Å². The van der Waals surface area contributed by atoms with E-state index < -0.39 is 0 Å². The number of aromatic nitrogens is 2. The number of hydrogen-bond donors (Lipinski definition) is 2. The van der Waals surface area contributed by atoms with Crippen molar-refractivity contribution in [1.82, 2.24) is 15.3 Å². The molecule has 1 amide bonds. The molecular formula is C22H21N3O. The van der Waals surface area contributed by atoms with E-state index in [1.807, 2.05) is 49.5 Å². The normalized spacial score (nSPS) is 11.8. The molecule has 1 aromatic carbocycles. The number of fused-ring (bicyclic) bond motifs is 1. The molecule has 0 fully saturated rings. The number of aromatic amines is 1. The molecule has 0 saturated carbocycles. The predicted octanol–water partition coefficient (Wildman–Crippen LogP) is 4.53. The van der Waals surface area contributed by atoms with Gasteiger partial charge in [0.1, 0.15) is 5.65 Å². The highest BCUT2D eigenvalue weighted by molar-refractivity contribution is 5.96. The Hall–Kier alpha value is -3.40. The summed E-state index contributed by atoms with van der Waals surface area (Å²) in [6.45, 7) is 6.06. The minimum Gasteiger partial charge on any atom is -0.348 e. The van der Waals surface area contributed by atoms with Crippen molar-refractivity contribution in [3.05, 3.63) is 90.8 Å². The highest BCUT2D eigenvalue weighted by Crippen LogP contribution is 2.27. The third-order valence-electron chi connectivity index (χ3n) is 4.13. The van der Waals surface area contributed by atoms with Crippen LogP contribution in [0.2, 0.25) is 0 Å². The van der Waals surface area contributed by atoms with Gasteiger partial charge in [-0.3, -0.25) is 4.79 Å². The molecule has 2 aromatic heterocycles. The van der Waals surface area contributed by atoms with E-state index in [9.17, 15) is 4.79 Å². The standard InChI is InChI=1S/C22H21N3O/c1-3-5-6-17(4-2)22(26)25-15-16-7-9-18(10-8-16)19-11-13-23-21-20(19)12-14-24-21/h3-14H,2,15H2,1H3,(H,23,24)(H,25,26)/b5-3-,17-6+. The lowest BCUT2D eigenvalue weighted by Gasteiger charge is -2.08. The lowest BCUT2D eigenvalue weighted by Crippen LogP contribution is -2.23. The van der Waals surface area contributed by atoms with Crippen molar-refractivity contribution in [2.75, 3.05) is 0 Å². The number of benzene rings is 1.